The molecule has 1 aromatic carbocycles. The summed E-state index contributed by atoms with van der Waals surface area (Å²) in [6, 6.07) is 8.47. The Morgan fingerprint density at radius 1 is 1.19 bits per heavy atom. The van der Waals surface area contributed by atoms with E-state index in [1.54, 1.807) is 56.3 Å². The van der Waals surface area contributed by atoms with Gasteiger partial charge in [-0.25, -0.2) is 0 Å². The highest BCUT2D eigenvalue weighted by atomic mass is 32.2. The summed E-state index contributed by atoms with van der Waals surface area (Å²) in [4.78, 5) is 0. The Kier molecular flexibility index (Phi) is 5.48. The van der Waals surface area contributed by atoms with Gasteiger partial charge in [0.05, 0.1) is 0 Å². The van der Waals surface area contributed by atoms with E-state index in [-0.39, 0.29) is 0 Å². The predicted molar refractivity (Wildman–Crippen MR) is 77.3 cm³/mol. The Balaban J connectivity index is 3.34. The zero-order chi connectivity index (χ0) is 16.1. The molecule has 0 radical (unpaired) electrons. The van der Waals surface area contributed by atoms with Crippen LogP contribution in [-0.4, -0.2) is 20.1 Å². The van der Waals surface area contributed by atoms with Crippen molar-refractivity contribution in [1.29, 1.82) is 0 Å². The fraction of sp³-hybridized carbons (Fsp3) is 0.214. The van der Waals surface area contributed by atoms with Crippen LogP contribution in [0, 0.1) is 0 Å². The van der Waals surface area contributed by atoms with E-state index in [1.807, 2.05) is 0 Å². The molecule has 3 nitrogen and oxygen atoms in total. The molecule has 0 saturated carbocycles. The quantitative estimate of drug-likeness (QED) is 0.623. The van der Waals surface area contributed by atoms with Gasteiger partial charge < -0.3 is 0 Å². The van der Waals surface area contributed by atoms with Crippen LogP contribution in [0.4, 0.5) is 13.2 Å². The molecule has 114 valence electrons. The molecule has 0 aromatic heterocycles. The molecule has 0 aliphatic carbocycles. The largest absolute Gasteiger partial charge is 0.518 e. The highest BCUT2D eigenvalue weighted by Crippen LogP contribution is 2.25. The summed E-state index contributed by atoms with van der Waals surface area (Å²) < 4.78 is 61.7. The molecule has 1 rings (SSSR count). The monoisotopic (exact) mass is 317 g/mol. The van der Waals surface area contributed by atoms with E-state index < -0.39 is 15.5 Å². The maximum Gasteiger partial charge on any atom is 0.518 e. The van der Waals surface area contributed by atoms with Crippen LogP contribution >= 0.6 is 0 Å². The number of rotatable bonds is 4. The molecule has 21 heavy (non-hydrogen) atoms. The third-order valence-corrected chi connectivity index (χ3v) is 3.51. The van der Waals surface area contributed by atoms with Gasteiger partial charge in [-0.2, -0.15) is 26.0 Å². The minimum absolute atomic E-state index is 0.307. The number of sulfonamides is 1. The number of hydrogen-bond donors (Lipinski definition) is 0. The van der Waals surface area contributed by atoms with E-state index in [9.17, 15) is 21.6 Å². The standard InChI is InChI=1S/C14H14F3NO2S/c1-3-7-11(2)13(12-8-5-4-6-9-12)10-18-21(19,20)14(15,16)17/h3-10H,1-2H3/b7-3-,13-11-,18-10+. The van der Waals surface area contributed by atoms with E-state index in [0.29, 0.717) is 16.7 Å². The molecule has 0 aliphatic rings. The Morgan fingerprint density at radius 3 is 2.24 bits per heavy atom. The number of hydrogen-bond acceptors (Lipinski definition) is 2. The molecule has 0 amide bonds. The van der Waals surface area contributed by atoms with E-state index in [0.717, 1.165) is 6.21 Å². The van der Waals surface area contributed by atoms with Crippen molar-refractivity contribution >= 4 is 21.8 Å². The van der Waals surface area contributed by atoms with Crippen molar-refractivity contribution in [3.63, 3.8) is 0 Å². The van der Waals surface area contributed by atoms with Gasteiger partial charge in [0.25, 0.3) is 0 Å². The van der Waals surface area contributed by atoms with Gasteiger partial charge in [-0.3, -0.25) is 0 Å². The predicted octanol–water partition coefficient (Wildman–Crippen LogP) is 3.96. The molecule has 0 atom stereocenters. The van der Waals surface area contributed by atoms with Crippen LogP contribution in [0.2, 0.25) is 0 Å². The lowest BCUT2D eigenvalue weighted by Gasteiger charge is -2.06. The Hall–Kier alpha value is -1.89. The summed E-state index contributed by atoms with van der Waals surface area (Å²) in [5.74, 6) is 0. The second-order valence-electron chi connectivity index (χ2n) is 4.12. The number of benzene rings is 1. The molecule has 0 saturated heterocycles. The molecule has 0 unspecified atom stereocenters. The van der Waals surface area contributed by atoms with Crippen molar-refractivity contribution in [2.75, 3.05) is 0 Å². The van der Waals surface area contributed by atoms with Crippen LogP contribution in [0.15, 0.2) is 52.5 Å². The minimum Gasteiger partial charge on any atom is -0.195 e. The molecule has 0 heterocycles. The number of nitrogens with zero attached hydrogens (tertiary/aromatic N) is 1. The lowest BCUT2D eigenvalue weighted by molar-refractivity contribution is -0.0435. The summed E-state index contributed by atoms with van der Waals surface area (Å²) in [5, 5.41) is 0. The van der Waals surface area contributed by atoms with Crippen LogP contribution < -0.4 is 0 Å². The second-order valence-corrected chi connectivity index (χ2v) is 5.74. The zero-order valence-corrected chi connectivity index (χ0v) is 12.2. The third-order valence-electron chi connectivity index (χ3n) is 2.54. The average Bonchev–Trinajstić information content (AvgIpc) is 2.39. The van der Waals surface area contributed by atoms with Gasteiger partial charge in [-0.1, -0.05) is 42.5 Å². The van der Waals surface area contributed by atoms with Crippen molar-refractivity contribution < 1.29 is 21.6 Å². The second kappa shape index (κ2) is 6.71. The minimum atomic E-state index is -5.54. The SMILES string of the molecule is C\C=C/C(C)=C(/C=N/S(=O)(=O)C(F)(F)F)c1ccccc1. The molecule has 0 fully saturated rings. The molecule has 7 heteroatoms. The molecule has 0 aliphatic heterocycles. The first-order chi connectivity index (χ1) is 9.69. The normalized spacial score (nSPS) is 14.7. The third kappa shape index (κ3) is 4.56. The maximum atomic E-state index is 12.3. The molecule has 0 bridgehead atoms. The molecule has 1 aromatic rings. The lowest BCUT2D eigenvalue weighted by atomic mass is 10.0. The van der Waals surface area contributed by atoms with Crippen LogP contribution in [0.3, 0.4) is 0 Å². The Morgan fingerprint density at radius 2 is 1.76 bits per heavy atom. The smallest absolute Gasteiger partial charge is 0.195 e. The van der Waals surface area contributed by atoms with Crippen LogP contribution in [0.1, 0.15) is 19.4 Å². The van der Waals surface area contributed by atoms with Crippen molar-refractivity contribution in [3.05, 3.63) is 53.6 Å². The zero-order valence-electron chi connectivity index (χ0n) is 11.4. The van der Waals surface area contributed by atoms with Crippen molar-refractivity contribution in [3.8, 4) is 0 Å². The summed E-state index contributed by atoms with van der Waals surface area (Å²) in [5.41, 5.74) is -3.92. The Bertz CT molecular complexity index is 672. The van der Waals surface area contributed by atoms with Gasteiger partial charge >= 0.3 is 15.5 Å². The number of halogens is 3. The highest BCUT2D eigenvalue weighted by Gasteiger charge is 2.45. The van der Waals surface area contributed by atoms with Gasteiger partial charge in [-0.05, 0) is 25.0 Å². The van der Waals surface area contributed by atoms with E-state index >= 15 is 0 Å². The first-order valence-corrected chi connectivity index (χ1v) is 7.38. The molecular formula is C14H14F3NO2S. The maximum absolute atomic E-state index is 12.3. The van der Waals surface area contributed by atoms with Crippen molar-refractivity contribution in [2.45, 2.75) is 19.4 Å². The fourth-order valence-corrected chi connectivity index (χ4v) is 1.91. The average molecular weight is 317 g/mol. The van der Waals surface area contributed by atoms with Gasteiger partial charge in [0.1, 0.15) is 0 Å². The van der Waals surface area contributed by atoms with E-state index in [1.165, 1.54) is 0 Å². The first kappa shape index (κ1) is 17.2. The summed E-state index contributed by atoms with van der Waals surface area (Å²) >= 11 is 0. The van der Waals surface area contributed by atoms with E-state index in [4.69, 9.17) is 0 Å². The van der Waals surface area contributed by atoms with E-state index in [2.05, 4.69) is 4.40 Å². The molecular weight excluding hydrogens is 303 g/mol. The summed E-state index contributed by atoms with van der Waals surface area (Å²) in [7, 11) is -5.54. The molecule has 0 spiro atoms. The van der Waals surface area contributed by atoms with Crippen LogP contribution in [0.5, 0.6) is 0 Å². The number of alkyl halides is 3. The van der Waals surface area contributed by atoms with Gasteiger partial charge in [0.15, 0.2) is 0 Å². The Labute approximate surface area is 121 Å². The highest BCUT2D eigenvalue weighted by molar-refractivity contribution is 7.91. The van der Waals surface area contributed by atoms with Gasteiger partial charge in [0, 0.05) is 11.8 Å². The molecule has 0 N–H and O–H groups in total. The first-order valence-electron chi connectivity index (χ1n) is 5.94. The topological polar surface area (TPSA) is 46.5 Å². The van der Waals surface area contributed by atoms with Crippen LogP contribution in [0.25, 0.3) is 5.57 Å². The van der Waals surface area contributed by atoms with Gasteiger partial charge in [0.2, 0.25) is 0 Å². The van der Waals surface area contributed by atoms with Crippen LogP contribution in [-0.2, 0) is 10.0 Å². The van der Waals surface area contributed by atoms with Crippen molar-refractivity contribution in [1.82, 2.24) is 0 Å². The summed E-state index contributed by atoms with van der Waals surface area (Å²) in [6.07, 6.45) is 4.09. The summed E-state index contributed by atoms with van der Waals surface area (Å²) in [6.45, 7) is 3.41. The lowest BCUT2D eigenvalue weighted by Crippen LogP contribution is -2.20. The van der Waals surface area contributed by atoms with Gasteiger partial charge in [-0.15, -0.1) is 0 Å². The number of allylic oxidation sites excluding steroid dienone is 4. The van der Waals surface area contributed by atoms with Crippen molar-refractivity contribution in [2.24, 2.45) is 4.40 Å². The fourth-order valence-electron chi connectivity index (χ4n) is 1.54.